The fraction of sp³-hybridized carbons (Fsp3) is 0.214. The number of rotatable bonds is 1. The highest BCUT2D eigenvalue weighted by Gasteiger charge is 2.44. The molecule has 102 valence electrons. The van der Waals surface area contributed by atoms with Gasteiger partial charge in [-0.1, -0.05) is 6.07 Å². The molecule has 4 rings (SSSR count). The smallest absolute Gasteiger partial charge is 0.254 e. The highest BCUT2D eigenvalue weighted by Crippen LogP contribution is 2.43. The van der Waals surface area contributed by atoms with Crippen molar-refractivity contribution in [2.75, 3.05) is 13.2 Å². The summed E-state index contributed by atoms with van der Waals surface area (Å²) in [5.74, 6) is 0.787. The van der Waals surface area contributed by atoms with Gasteiger partial charge in [-0.2, -0.15) is 0 Å². The molecule has 20 heavy (non-hydrogen) atoms. The molecule has 2 aliphatic heterocycles. The van der Waals surface area contributed by atoms with Crippen LogP contribution in [0, 0.1) is 0 Å². The Hall–Kier alpha value is -2.05. The van der Waals surface area contributed by atoms with Gasteiger partial charge in [-0.25, -0.2) is 0 Å². The van der Waals surface area contributed by atoms with Crippen LogP contribution in [0.3, 0.4) is 0 Å². The van der Waals surface area contributed by atoms with Crippen molar-refractivity contribution in [1.82, 2.24) is 5.32 Å². The summed E-state index contributed by atoms with van der Waals surface area (Å²) in [6.45, 7) is 0.924. The van der Waals surface area contributed by atoms with Crippen LogP contribution in [0.4, 0.5) is 0 Å². The third kappa shape index (κ3) is 1.49. The third-order valence-corrected chi connectivity index (χ3v) is 4.47. The van der Waals surface area contributed by atoms with E-state index in [1.54, 1.807) is 18.2 Å². The van der Waals surface area contributed by atoms with E-state index in [9.17, 15) is 9.90 Å². The zero-order valence-electron chi connectivity index (χ0n) is 10.4. The highest BCUT2D eigenvalue weighted by molar-refractivity contribution is 7.10. The van der Waals surface area contributed by atoms with Crippen molar-refractivity contribution in [3.05, 3.63) is 45.6 Å². The molecule has 0 bridgehead atoms. The van der Waals surface area contributed by atoms with E-state index in [1.807, 2.05) is 11.4 Å². The zero-order valence-corrected chi connectivity index (χ0v) is 11.2. The average molecular weight is 289 g/mol. The molecule has 1 amide bonds. The van der Waals surface area contributed by atoms with E-state index in [1.165, 1.54) is 11.3 Å². The van der Waals surface area contributed by atoms with Gasteiger partial charge in [-0.15, -0.1) is 11.3 Å². The van der Waals surface area contributed by atoms with Crippen LogP contribution < -0.4 is 14.8 Å². The Labute approximate surface area is 118 Å². The minimum absolute atomic E-state index is 0.312. The molecular formula is C14H11NO4S. The molecule has 3 heterocycles. The van der Waals surface area contributed by atoms with Gasteiger partial charge in [-0.3, -0.25) is 4.79 Å². The summed E-state index contributed by atoms with van der Waals surface area (Å²) in [6, 6.07) is 6.93. The van der Waals surface area contributed by atoms with E-state index in [0.29, 0.717) is 40.7 Å². The van der Waals surface area contributed by atoms with E-state index in [2.05, 4.69) is 5.32 Å². The van der Waals surface area contributed by atoms with Gasteiger partial charge in [0.1, 0.15) is 13.2 Å². The number of ether oxygens (including phenoxy) is 2. The molecule has 0 radical (unpaired) electrons. The first kappa shape index (κ1) is 11.7. The van der Waals surface area contributed by atoms with Crippen LogP contribution in [0.15, 0.2) is 29.6 Å². The number of carbonyl (C=O) groups excluding carboxylic acids is 1. The Kier molecular flexibility index (Phi) is 2.33. The first-order valence-electron chi connectivity index (χ1n) is 6.21. The molecule has 6 heteroatoms. The molecule has 0 fully saturated rings. The van der Waals surface area contributed by atoms with Gasteiger partial charge in [-0.05, 0) is 23.6 Å². The normalized spacial score (nSPS) is 23.4. The number of thiophene rings is 1. The van der Waals surface area contributed by atoms with Crippen molar-refractivity contribution < 1.29 is 19.4 Å². The molecule has 1 unspecified atom stereocenters. The Balaban J connectivity index is 1.92. The van der Waals surface area contributed by atoms with Gasteiger partial charge < -0.3 is 19.9 Å². The number of carbonyl (C=O) groups is 1. The second-order valence-electron chi connectivity index (χ2n) is 4.68. The molecule has 2 N–H and O–H groups in total. The highest BCUT2D eigenvalue weighted by atomic mass is 32.1. The number of fused-ring (bicyclic) bond motifs is 2. The second kappa shape index (κ2) is 3.97. The fourth-order valence-electron chi connectivity index (χ4n) is 2.55. The first-order chi connectivity index (χ1) is 9.68. The van der Waals surface area contributed by atoms with Crippen molar-refractivity contribution in [1.29, 1.82) is 0 Å². The maximum Gasteiger partial charge on any atom is 0.254 e. The lowest BCUT2D eigenvalue weighted by Gasteiger charge is -2.24. The third-order valence-electron chi connectivity index (χ3n) is 3.49. The molecule has 1 aromatic carbocycles. The molecular weight excluding hydrogens is 278 g/mol. The van der Waals surface area contributed by atoms with Crippen LogP contribution in [0.1, 0.15) is 20.8 Å². The standard InChI is InChI=1S/C14H11NO4S/c16-13-8-6-10-11(19-4-3-18-10)7-9(8)14(17,15-13)12-2-1-5-20-12/h1-2,5-7,17H,3-4H2,(H,15,16). The number of hydrogen-bond donors (Lipinski definition) is 2. The summed E-state index contributed by atoms with van der Waals surface area (Å²) < 4.78 is 11.0. The number of amides is 1. The van der Waals surface area contributed by atoms with Gasteiger partial charge in [0.25, 0.3) is 5.91 Å². The monoisotopic (exact) mass is 289 g/mol. The summed E-state index contributed by atoms with van der Waals surface area (Å²) >= 11 is 1.39. The minimum Gasteiger partial charge on any atom is -0.486 e. The summed E-state index contributed by atoms with van der Waals surface area (Å²) in [5.41, 5.74) is -0.560. The predicted octanol–water partition coefficient (Wildman–Crippen LogP) is 1.46. The predicted molar refractivity (Wildman–Crippen MR) is 72.2 cm³/mol. The van der Waals surface area contributed by atoms with Crippen molar-refractivity contribution in [2.45, 2.75) is 5.72 Å². The Morgan fingerprint density at radius 1 is 1.25 bits per heavy atom. The SMILES string of the molecule is O=C1NC(O)(c2cccs2)c2cc3c(cc21)OCCO3. The maximum atomic E-state index is 12.1. The Morgan fingerprint density at radius 3 is 2.70 bits per heavy atom. The van der Waals surface area contributed by atoms with Crippen molar-refractivity contribution in [3.8, 4) is 11.5 Å². The maximum absolute atomic E-state index is 12.1. The van der Waals surface area contributed by atoms with Crippen LogP contribution in [0.5, 0.6) is 11.5 Å². The molecule has 5 nitrogen and oxygen atoms in total. The minimum atomic E-state index is -1.49. The van der Waals surface area contributed by atoms with Crippen LogP contribution >= 0.6 is 11.3 Å². The summed E-state index contributed by atoms with van der Waals surface area (Å²) in [7, 11) is 0. The lowest BCUT2D eigenvalue weighted by Crippen LogP contribution is -2.39. The van der Waals surface area contributed by atoms with E-state index < -0.39 is 5.72 Å². The van der Waals surface area contributed by atoms with E-state index >= 15 is 0 Å². The van der Waals surface area contributed by atoms with Gasteiger partial charge in [0.15, 0.2) is 11.5 Å². The van der Waals surface area contributed by atoms with Crippen molar-refractivity contribution in [3.63, 3.8) is 0 Å². The molecule has 2 aliphatic rings. The van der Waals surface area contributed by atoms with Gasteiger partial charge in [0.05, 0.1) is 10.4 Å². The summed E-state index contributed by atoms with van der Waals surface area (Å²) in [6.07, 6.45) is 0. The molecule has 0 spiro atoms. The Bertz CT molecular complexity index is 697. The molecule has 0 aliphatic carbocycles. The lowest BCUT2D eigenvalue weighted by atomic mass is 9.99. The number of nitrogens with one attached hydrogen (secondary N) is 1. The number of benzene rings is 1. The van der Waals surface area contributed by atoms with Crippen LogP contribution in [-0.4, -0.2) is 24.2 Å². The molecule has 0 saturated carbocycles. The van der Waals surface area contributed by atoms with Gasteiger partial charge >= 0.3 is 0 Å². The molecule has 2 aromatic rings. The average Bonchev–Trinajstić information content (AvgIpc) is 3.07. The summed E-state index contributed by atoms with van der Waals surface area (Å²) in [5, 5.41) is 15.4. The molecule has 0 saturated heterocycles. The van der Waals surface area contributed by atoms with Crippen molar-refractivity contribution in [2.24, 2.45) is 0 Å². The number of aliphatic hydroxyl groups is 1. The van der Waals surface area contributed by atoms with E-state index in [4.69, 9.17) is 9.47 Å². The fourth-order valence-corrected chi connectivity index (χ4v) is 3.35. The van der Waals surface area contributed by atoms with Gasteiger partial charge in [0, 0.05) is 5.56 Å². The molecule has 1 aromatic heterocycles. The van der Waals surface area contributed by atoms with E-state index in [0.717, 1.165) is 0 Å². The van der Waals surface area contributed by atoms with Crippen LogP contribution in [0.2, 0.25) is 0 Å². The quantitative estimate of drug-likeness (QED) is 0.834. The zero-order chi connectivity index (χ0) is 13.7. The lowest BCUT2D eigenvalue weighted by molar-refractivity contribution is 0.0499. The second-order valence-corrected chi connectivity index (χ2v) is 5.63. The van der Waals surface area contributed by atoms with Crippen LogP contribution in [0.25, 0.3) is 0 Å². The van der Waals surface area contributed by atoms with E-state index in [-0.39, 0.29) is 5.91 Å². The largest absolute Gasteiger partial charge is 0.486 e. The van der Waals surface area contributed by atoms with Gasteiger partial charge in [0.2, 0.25) is 5.72 Å². The molecule has 1 atom stereocenters. The number of hydrogen-bond acceptors (Lipinski definition) is 5. The topological polar surface area (TPSA) is 67.8 Å². The van der Waals surface area contributed by atoms with Crippen molar-refractivity contribution >= 4 is 17.2 Å². The van der Waals surface area contributed by atoms with Crippen LogP contribution in [-0.2, 0) is 5.72 Å². The Morgan fingerprint density at radius 2 is 2.00 bits per heavy atom. The first-order valence-corrected chi connectivity index (χ1v) is 7.09. The summed E-state index contributed by atoms with van der Waals surface area (Å²) in [4.78, 5) is 12.8.